The maximum Gasteiger partial charge on any atom is 0.187 e. The predicted octanol–water partition coefficient (Wildman–Crippen LogP) is 5.74. The Balaban J connectivity index is 1.35. The van der Waals surface area contributed by atoms with Crippen LogP contribution in [0.2, 0.25) is 5.02 Å². The van der Waals surface area contributed by atoms with E-state index in [1.54, 1.807) is 6.08 Å². The number of piperidine rings is 1. The molecule has 31 heavy (non-hydrogen) atoms. The summed E-state index contributed by atoms with van der Waals surface area (Å²) < 4.78 is 0. The molecule has 5 heteroatoms. The van der Waals surface area contributed by atoms with Crippen LogP contribution < -0.4 is 5.48 Å². The first-order valence-electron chi connectivity index (χ1n) is 10.7. The highest BCUT2D eigenvalue weighted by atomic mass is 35.5. The van der Waals surface area contributed by atoms with Crippen molar-refractivity contribution >= 4 is 23.1 Å². The molecule has 0 aromatic heterocycles. The van der Waals surface area contributed by atoms with E-state index >= 15 is 0 Å². The molecule has 4 nitrogen and oxygen atoms in total. The zero-order chi connectivity index (χ0) is 22.1. The van der Waals surface area contributed by atoms with Crippen molar-refractivity contribution in [3.63, 3.8) is 0 Å². The van der Waals surface area contributed by atoms with Gasteiger partial charge in [0, 0.05) is 54.4 Å². The van der Waals surface area contributed by atoms with Crippen LogP contribution in [0.1, 0.15) is 55.1 Å². The number of nitrogens with zero attached hydrogens (tertiary/aromatic N) is 1. The van der Waals surface area contributed by atoms with Crippen LogP contribution in [0.3, 0.4) is 0 Å². The van der Waals surface area contributed by atoms with Gasteiger partial charge in [-0.25, -0.2) is 0 Å². The molecular weight excluding hydrogens is 408 g/mol. The third-order valence-electron chi connectivity index (χ3n) is 6.02. The van der Waals surface area contributed by atoms with Crippen LogP contribution in [0.5, 0.6) is 0 Å². The molecule has 1 N–H and O–H groups in total. The van der Waals surface area contributed by atoms with Crippen LogP contribution in [-0.2, 0) is 10.3 Å². The highest BCUT2D eigenvalue weighted by molar-refractivity contribution is 6.30. The Labute approximate surface area is 189 Å². The normalized spacial score (nSPS) is 18.3. The van der Waals surface area contributed by atoms with Crippen LogP contribution in [-0.4, -0.2) is 29.4 Å². The van der Waals surface area contributed by atoms with Crippen molar-refractivity contribution in [3.05, 3.63) is 88.6 Å². The topological polar surface area (TPSA) is 41.6 Å². The summed E-state index contributed by atoms with van der Waals surface area (Å²) in [5, 5.41) is 0.707. The maximum atomic E-state index is 12.6. The van der Waals surface area contributed by atoms with E-state index in [4.69, 9.17) is 16.4 Å². The van der Waals surface area contributed by atoms with Gasteiger partial charge < -0.3 is 4.90 Å². The predicted molar refractivity (Wildman–Crippen MR) is 126 cm³/mol. The molecule has 0 bridgehead atoms. The van der Waals surface area contributed by atoms with Gasteiger partial charge in [-0.15, -0.1) is 0 Å². The summed E-state index contributed by atoms with van der Waals surface area (Å²) in [6.45, 7) is 8.16. The zero-order valence-electron chi connectivity index (χ0n) is 18.3. The van der Waals surface area contributed by atoms with Crippen LogP contribution in [0.15, 0.2) is 66.9 Å². The summed E-state index contributed by atoms with van der Waals surface area (Å²) in [5.41, 5.74) is 6.77. The molecule has 0 amide bonds. The summed E-state index contributed by atoms with van der Waals surface area (Å²) in [6.07, 6.45) is 7.45. The van der Waals surface area contributed by atoms with Crippen molar-refractivity contribution in [2.45, 2.75) is 44.6 Å². The molecule has 162 valence electrons. The summed E-state index contributed by atoms with van der Waals surface area (Å²) in [5.74, 6) is 0.0302. The van der Waals surface area contributed by atoms with Gasteiger partial charge in [0.15, 0.2) is 5.78 Å². The van der Waals surface area contributed by atoms with Crippen molar-refractivity contribution in [2.24, 2.45) is 0 Å². The number of ketones is 1. The first kappa shape index (κ1) is 21.7. The third kappa shape index (κ3) is 5.03. The minimum atomic E-state index is -0.311. The molecule has 1 fully saturated rings. The van der Waals surface area contributed by atoms with Crippen LogP contribution in [0.25, 0.3) is 5.70 Å². The molecular formula is C26H29ClN2O2. The van der Waals surface area contributed by atoms with Crippen molar-refractivity contribution in [1.82, 2.24) is 10.4 Å². The molecule has 1 spiro atoms. The molecule has 0 radical (unpaired) electrons. The lowest BCUT2D eigenvalue weighted by atomic mass is 9.86. The van der Waals surface area contributed by atoms with E-state index < -0.39 is 0 Å². The molecule has 2 aliphatic rings. The van der Waals surface area contributed by atoms with Gasteiger partial charge in [0.05, 0.1) is 5.70 Å². The number of halogens is 1. The highest BCUT2D eigenvalue weighted by Crippen LogP contribution is 2.35. The van der Waals surface area contributed by atoms with Gasteiger partial charge in [-0.05, 0) is 29.2 Å². The minimum absolute atomic E-state index is 0.0302. The number of rotatable bonds is 4. The molecule has 2 aliphatic heterocycles. The van der Waals surface area contributed by atoms with Crippen molar-refractivity contribution in [2.75, 3.05) is 13.1 Å². The molecule has 2 aromatic rings. The lowest BCUT2D eigenvalue weighted by Gasteiger charge is -2.36. The molecule has 0 atom stereocenters. The van der Waals surface area contributed by atoms with E-state index in [9.17, 15) is 4.79 Å². The minimum Gasteiger partial charge on any atom is -0.377 e. The van der Waals surface area contributed by atoms with E-state index in [0.717, 1.165) is 42.8 Å². The first-order chi connectivity index (χ1) is 14.7. The smallest absolute Gasteiger partial charge is 0.187 e. The monoisotopic (exact) mass is 436 g/mol. The van der Waals surface area contributed by atoms with Crippen molar-refractivity contribution < 1.29 is 9.63 Å². The number of carbonyl (C=O) groups excluding carboxylic acids is 1. The fourth-order valence-electron chi connectivity index (χ4n) is 3.98. The largest absolute Gasteiger partial charge is 0.377 e. The van der Waals surface area contributed by atoms with E-state index in [-0.39, 0.29) is 16.8 Å². The average molecular weight is 437 g/mol. The van der Waals surface area contributed by atoms with Crippen LogP contribution in [0, 0.1) is 0 Å². The Bertz CT molecular complexity index is 1010. The fourth-order valence-corrected chi connectivity index (χ4v) is 4.17. The SMILES string of the molecule is CC(C)(C)c1ccc(C(=O)C=CN2CCC3(C=C(c4cccc(Cl)c4)NO3)CC2)cc1. The Hall–Kier alpha value is -2.56. The van der Waals surface area contributed by atoms with Gasteiger partial charge in [0.25, 0.3) is 0 Å². The Morgan fingerprint density at radius 1 is 1.13 bits per heavy atom. The second-order valence-corrected chi connectivity index (χ2v) is 9.82. The second kappa shape index (κ2) is 8.52. The van der Waals surface area contributed by atoms with Gasteiger partial charge in [-0.2, -0.15) is 0 Å². The lowest BCUT2D eigenvalue weighted by molar-refractivity contribution is -0.0639. The van der Waals surface area contributed by atoms with E-state index in [2.05, 4.69) is 37.2 Å². The quantitative estimate of drug-likeness (QED) is 0.489. The number of carbonyl (C=O) groups is 1. The summed E-state index contributed by atoms with van der Waals surface area (Å²) >= 11 is 6.11. The number of hydroxylamine groups is 1. The molecule has 0 aliphatic carbocycles. The van der Waals surface area contributed by atoms with Crippen molar-refractivity contribution in [3.8, 4) is 0 Å². The Kier molecular flexibility index (Phi) is 5.96. The number of nitrogens with one attached hydrogen (secondary N) is 1. The van der Waals surface area contributed by atoms with Gasteiger partial charge >= 0.3 is 0 Å². The molecule has 2 heterocycles. The standard InChI is InChI=1S/C26H29ClN2O2/c1-25(2,3)21-9-7-19(8-10-21)24(30)11-14-29-15-12-26(13-16-29)18-23(28-31-26)20-5-4-6-22(27)17-20/h4-11,14,17-18,28H,12-13,15-16H2,1-3H3. The van der Waals surface area contributed by atoms with E-state index in [1.807, 2.05) is 54.7 Å². The molecule has 4 rings (SSSR count). The first-order valence-corrected chi connectivity index (χ1v) is 11.1. The number of hydrogen-bond donors (Lipinski definition) is 1. The van der Waals surface area contributed by atoms with Crippen molar-refractivity contribution in [1.29, 1.82) is 0 Å². The highest BCUT2D eigenvalue weighted by Gasteiger charge is 2.38. The number of benzene rings is 2. The van der Waals surface area contributed by atoms with Crippen LogP contribution in [0.4, 0.5) is 0 Å². The number of allylic oxidation sites excluding steroid dienone is 1. The van der Waals surface area contributed by atoms with Crippen LogP contribution >= 0.6 is 11.6 Å². The second-order valence-electron chi connectivity index (χ2n) is 9.38. The zero-order valence-corrected chi connectivity index (χ0v) is 19.1. The van der Waals surface area contributed by atoms with E-state index in [0.29, 0.717) is 5.02 Å². The molecule has 0 saturated carbocycles. The number of hydrogen-bond acceptors (Lipinski definition) is 4. The van der Waals surface area contributed by atoms with Gasteiger partial charge in [-0.1, -0.05) is 68.8 Å². The lowest BCUT2D eigenvalue weighted by Crippen LogP contribution is -2.42. The Morgan fingerprint density at radius 2 is 1.84 bits per heavy atom. The van der Waals surface area contributed by atoms with E-state index in [1.165, 1.54) is 5.56 Å². The molecule has 1 saturated heterocycles. The summed E-state index contributed by atoms with van der Waals surface area (Å²) in [4.78, 5) is 20.7. The number of likely N-dealkylation sites (tertiary alicyclic amines) is 1. The molecule has 2 aromatic carbocycles. The summed E-state index contributed by atoms with van der Waals surface area (Å²) in [6, 6.07) is 15.7. The van der Waals surface area contributed by atoms with Gasteiger partial charge in [0.2, 0.25) is 0 Å². The van der Waals surface area contributed by atoms with Gasteiger partial charge in [-0.3, -0.25) is 15.1 Å². The fraction of sp³-hybridized carbons (Fsp3) is 0.346. The molecule has 0 unspecified atom stereocenters. The van der Waals surface area contributed by atoms with Gasteiger partial charge in [0.1, 0.15) is 5.60 Å². The Morgan fingerprint density at radius 3 is 2.48 bits per heavy atom. The average Bonchev–Trinajstić information content (AvgIpc) is 3.16. The third-order valence-corrected chi connectivity index (χ3v) is 6.26. The maximum absolute atomic E-state index is 12.6. The summed E-state index contributed by atoms with van der Waals surface area (Å²) in [7, 11) is 0.